The molecule has 1 aromatic rings. The molecule has 1 aromatic carbocycles. The Balaban J connectivity index is 1.98. The second kappa shape index (κ2) is 6.51. The summed E-state index contributed by atoms with van der Waals surface area (Å²) in [5, 5.41) is 5.28. The molecule has 1 fully saturated rings. The molecular weight excluding hydrogens is 311 g/mol. The van der Waals surface area contributed by atoms with Crippen LogP contribution in [0.25, 0.3) is 0 Å². The molecule has 0 bridgehead atoms. The van der Waals surface area contributed by atoms with Gasteiger partial charge in [0.25, 0.3) is 0 Å². The zero-order chi connectivity index (χ0) is 16.3. The number of hydrogen-bond acceptors (Lipinski definition) is 4. The standard InChI is InChI=1S/C14H19FN2O4S/c1-9(12-7-10(15)3-4-13(12)21-2)16-14(18)17-11-5-6-22(19,20)8-11/h3-4,7,9,11H,5-6,8H2,1-2H3,(H2,16,17,18)/t9-,11+/m1/s1. The third kappa shape index (κ3) is 4.09. The number of amides is 2. The molecule has 0 radical (unpaired) electrons. The first-order valence-corrected chi connectivity index (χ1v) is 8.74. The van der Waals surface area contributed by atoms with Crippen LogP contribution in [0, 0.1) is 5.82 Å². The highest BCUT2D eigenvalue weighted by atomic mass is 32.2. The van der Waals surface area contributed by atoms with Gasteiger partial charge in [-0.1, -0.05) is 0 Å². The minimum atomic E-state index is -3.05. The maximum absolute atomic E-state index is 13.3. The van der Waals surface area contributed by atoms with Gasteiger partial charge < -0.3 is 15.4 Å². The summed E-state index contributed by atoms with van der Waals surface area (Å²) in [6.45, 7) is 1.70. The van der Waals surface area contributed by atoms with Gasteiger partial charge in [0, 0.05) is 11.6 Å². The zero-order valence-electron chi connectivity index (χ0n) is 12.4. The number of hydrogen-bond donors (Lipinski definition) is 2. The molecule has 2 atom stereocenters. The Hall–Kier alpha value is -1.83. The number of methoxy groups -OCH3 is 1. The third-order valence-corrected chi connectivity index (χ3v) is 5.34. The lowest BCUT2D eigenvalue weighted by Gasteiger charge is -2.19. The summed E-state index contributed by atoms with van der Waals surface area (Å²) in [4.78, 5) is 11.9. The van der Waals surface area contributed by atoms with E-state index in [9.17, 15) is 17.6 Å². The predicted octanol–water partition coefficient (Wildman–Crippen LogP) is 1.38. The quantitative estimate of drug-likeness (QED) is 0.873. The lowest BCUT2D eigenvalue weighted by Crippen LogP contribution is -2.43. The summed E-state index contributed by atoms with van der Waals surface area (Å²) in [6, 6.07) is 2.71. The summed E-state index contributed by atoms with van der Waals surface area (Å²) in [5.74, 6) is 0.0907. The molecule has 1 aliphatic rings. The number of halogens is 1. The predicted molar refractivity (Wildman–Crippen MR) is 80.1 cm³/mol. The average molecular weight is 330 g/mol. The fraction of sp³-hybridized carbons (Fsp3) is 0.500. The molecule has 0 aromatic heterocycles. The van der Waals surface area contributed by atoms with Crippen molar-refractivity contribution in [3.8, 4) is 5.75 Å². The maximum Gasteiger partial charge on any atom is 0.315 e. The van der Waals surface area contributed by atoms with Crippen molar-refractivity contribution in [1.82, 2.24) is 10.6 Å². The van der Waals surface area contributed by atoms with Gasteiger partial charge in [-0.15, -0.1) is 0 Å². The monoisotopic (exact) mass is 330 g/mol. The molecule has 0 spiro atoms. The van der Waals surface area contributed by atoms with Gasteiger partial charge in [-0.25, -0.2) is 17.6 Å². The van der Waals surface area contributed by atoms with Crippen LogP contribution in [0.15, 0.2) is 18.2 Å². The number of ether oxygens (including phenoxy) is 1. The molecular formula is C14H19FN2O4S. The van der Waals surface area contributed by atoms with Crippen LogP contribution in [-0.2, 0) is 9.84 Å². The molecule has 8 heteroatoms. The minimum Gasteiger partial charge on any atom is -0.496 e. The van der Waals surface area contributed by atoms with Crippen LogP contribution < -0.4 is 15.4 Å². The normalized spacial score (nSPS) is 21.1. The number of urea groups is 1. The number of benzene rings is 1. The number of carbonyl (C=O) groups is 1. The number of rotatable bonds is 4. The van der Waals surface area contributed by atoms with Gasteiger partial charge in [-0.2, -0.15) is 0 Å². The molecule has 2 amide bonds. The highest BCUT2D eigenvalue weighted by Crippen LogP contribution is 2.25. The molecule has 0 unspecified atom stereocenters. The van der Waals surface area contributed by atoms with Gasteiger partial charge in [0.1, 0.15) is 11.6 Å². The largest absolute Gasteiger partial charge is 0.496 e. The fourth-order valence-electron chi connectivity index (χ4n) is 2.45. The molecule has 0 saturated carbocycles. The maximum atomic E-state index is 13.3. The molecule has 0 aliphatic carbocycles. The number of nitrogens with one attached hydrogen (secondary N) is 2. The highest BCUT2D eigenvalue weighted by Gasteiger charge is 2.29. The lowest BCUT2D eigenvalue weighted by atomic mass is 10.1. The van der Waals surface area contributed by atoms with E-state index in [0.717, 1.165) is 0 Å². The van der Waals surface area contributed by atoms with Gasteiger partial charge in [0.15, 0.2) is 9.84 Å². The smallest absolute Gasteiger partial charge is 0.315 e. The SMILES string of the molecule is COc1ccc(F)cc1[C@@H](C)NC(=O)N[C@H]1CCS(=O)(=O)C1. The van der Waals surface area contributed by atoms with E-state index in [1.165, 1.54) is 25.3 Å². The van der Waals surface area contributed by atoms with Crippen molar-refractivity contribution in [3.05, 3.63) is 29.6 Å². The first kappa shape index (κ1) is 16.5. The molecule has 1 saturated heterocycles. The van der Waals surface area contributed by atoms with Crippen molar-refractivity contribution >= 4 is 15.9 Å². The van der Waals surface area contributed by atoms with Crippen LogP contribution >= 0.6 is 0 Å². The Morgan fingerprint density at radius 1 is 1.45 bits per heavy atom. The van der Waals surface area contributed by atoms with Gasteiger partial charge in [0.2, 0.25) is 0 Å². The Morgan fingerprint density at radius 3 is 2.77 bits per heavy atom. The van der Waals surface area contributed by atoms with Gasteiger partial charge in [0.05, 0.1) is 24.7 Å². The number of sulfone groups is 1. The summed E-state index contributed by atoms with van der Waals surface area (Å²) in [6.07, 6.45) is 0.410. The molecule has 1 aliphatic heterocycles. The molecule has 2 N–H and O–H groups in total. The minimum absolute atomic E-state index is 0.0436. The van der Waals surface area contributed by atoms with E-state index in [-0.39, 0.29) is 17.5 Å². The van der Waals surface area contributed by atoms with Crippen molar-refractivity contribution in [1.29, 1.82) is 0 Å². The van der Waals surface area contributed by atoms with Gasteiger partial charge in [-0.3, -0.25) is 0 Å². The topological polar surface area (TPSA) is 84.5 Å². The van der Waals surface area contributed by atoms with Crippen molar-refractivity contribution in [2.75, 3.05) is 18.6 Å². The highest BCUT2D eigenvalue weighted by molar-refractivity contribution is 7.91. The second-order valence-corrected chi connectivity index (χ2v) is 7.55. The molecule has 6 nitrogen and oxygen atoms in total. The zero-order valence-corrected chi connectivity index (χ0v) is 13.2. The van der Waals surface area contributed by atoms with E-state index in [2.05, 4.69) is 10.6 Å². The first-order valence-electron chi connectivity index (χ1n) is 6.91. The van der Waals surface area contributed by atoms with Crippen molar-refractivity contribution in [3.63, 3.8) is 0 Å². The van der Waals surface area contributed by atoms with Gasteiger partial charge >= 0.3 is 6.03 Å². The van der Waals surface area contributed by atoms with Crippen molar-refractivity contribution in [2.24, 2.45) is 0 Å². The fourth-order valence-corrected chi connectivity index (χ4v) is 4.13. The van der Waals surface area contributed by atoms with E-state index < -0.39 is 27.7 Å². The van der Waals surface area contributed by atoms with E-state index >= 15 is 0 Å². The van der Waals surface area contributed by atoms with Crippen molar-refractivity contribution < 1.29 is 22.3 Å². The van der Waals surface area contributed by atoms with Crippen molar-refractivity contribution in [2.45, 2.75) is 25.4 Å². The Labute approximate surface area is 129 Å². The molecule has 22 heavy (non-hydrogen) atoms. The van der Waals surface area contributed by atoms with E-state index in [1.807, 2.05) is 0 Å². The molecule has 1 heterocycles. The van der Waals surface area contributed by atoms with Crippen LogP contribution in [0.4, 0.5) is 9.18 Å². The van der Waals surface area contributed by atoms with E-state index in [0.29, 0.717) is 17.7 Å². The lowest BCUT2D eigenvalue weighted by molar-refractivity contribution is 0.234. The first-order chi connectivity index (χ1) is 10.3. The van der Waals surface area contributed by atoms with E-state index in [4.69, 9.17) is 4.74 Å². The third-order valence-electron chi connectivity index (χ3n) is 3.57. The van der Waals surface area contributed by atoms with Crippen LogP contribution in [-0.4, -0.2) is 39.1 Å². The Morgan fingerprint density at radius 2 is 2.18 bits per heavy atom. The summed E-state index contributed by atoms with van der Waals surface area (Å²) in [5.41, 5.74) is 0.511. The van der Waals surface area contributed by atoms with Crippen LogP contribution in [0.2, 0.25) is 0 Å². The van der Waals surface area contributed by atoms with Gasteiger partial charge in [-0.05, 0) is 31.5 Å². The van der Waals surface area contributed by atoms with E-state index in [1.54, 1.807) is 6.92 Å². The molecule has 2 rings (SSSR count). The average Bonchev–Trinajstić information content (AvgIpc) is 2.77. The van der Waals surface area contributed by atoms with Crippen LogP contribution in [0.3, 0.4) is 0 Å². The Kier molecular flexibility index (Phi) is 4.90. The number of carbonyl (C=O) groups excluding carboxylic acids is 1. The van der Waals surface area contributed by atoms with Crippen LogP contribution in [0.5, 0.6) is 5.75 Å². The summed E-state index contributed by atoms with van der Waals surface area (Å²) < 4.78 is 41.2. The van der Waals surface area contributed by atoms with Crippen LogP contribution in [0.1, 0.15) is 24.9 Å². The molecule has 122 valence electrons. The second-order valence-electron chi connectivity index (χ2n) is 5.33. The Bertz CT molecular complexity index is 663. The summed E-state index contributed by atoms with van der Waals surface area (Å²) in [7, 11) is -1.58. The summed E-state index contributed by atoms with van der Waals surface area (Å²) >= 11 is 0.